The van der Waals surface area contributed by atoms with E-state index in [-0.39, 0.29) is 11.3 Å². The highest BCUT2D eigenvalue weighted by atomic mass is 79.9. The number of halogens is 1. The molecule has 4 nitrogen and oxygen atoms in total. The number of hydrogen-bond acceptors (Lipinski definition) is 3. The predicted octanol–water partition coefficient (Wildman–Crippen LogP) is 3.52. The molecule has 2 rings (SSSR count). The van der Waals surface area contributed by atoms with Gasteiger partial charge < -0.3 is 15.6 Å². The molecule has 0 aliphatic carbocycles. The quantitative estimate of drug-likeness (QED) is 0.851. The summed E-state index contributed by atoms with van der Waals surface area (Å²) in [6.07, 6.45) is 0. The molecule has 0 unspecified atom stereocenters. The van der Waals surface area contributed by atoms with Crippen LogP contribution in [0.25, 0.3) is 0 Å². The lowest BCUT2D eigenvalue weighted by atomic mass is 10.2. The third kappa shape index (κ3) is 2.62. The Bertz CT molecular complexity index is 599. The van der Waals surface area contributed by atoms with Crippen molar-refractivity contribution < 1.29 is 14.6 Å². The number of carboxylic acid groups (broad SMARTS) is 1. The molecule has 0 atom stereocenters. The molecule has 2 aromatic carbocycles. The Labute approximate surface area is 112 Å². The van der Waals surface area contributed by atoms with Crippen molar-refractivity contribution in [3.63, 3.8) is 0 Å². The van der Waals surface area contributed by atoms with Crippen LogP contribution in [0.15, 0.2) is 46.9 Å². The van der Waals surface area contributed by atoms with Crippen LogP contribution < -0.4 is 10.5 Å². The molecule has 0 heterocycles. The van der Waals surface area contributed by atoms with Crippen LogP contribution in [0.5, 0.6) is 11.5 Å². The van der Waals surface area contributed by atoms with E-state index in [0.717, 1.165) is 4.47 Å². The SMILES string of the molecule is Nc1cc(Br)ccc1Oc1ccccc1C(=O)O. The Morgan fingerprint density at radius 3 is 2.56 bits per heavy atom. The van der Waals surface area contributed by atoms with E-state index in [2.05, 4.69) is 15.9 Å². The molecule has 5 heteroatoms. The van der Waals surface area contributed by atoms with Crippen molar-refractivity contribution in [2.24, 2.45) is 0 Å². The molecular weight excluding hydrogens is 298 g/mol. The minimum Gasteiger partial charge on any atom is -0.478 e. The number of benzene rings is 2. The van der Waals surface area contributed by atoms with Crippen LogP contribution in [0.2, 0.25) is 0 Å². The van der Waals surface area contributed by atoms with Gasteiger partial charge in [-0.1, -0.05) is 28.1 Å². The van der Waals surface area contributed by atoms with E-state index in [9.17, 15) is 4.79 Å². The van der Waals surface area contributed by atoms with Gasteiger partial charge in [-0.25, -0.2) is 4.79 Å². The smallest absolute Gasteiger partial charge is 0.339 e. The summed E-state index contributed by atoms with van der Waals surface area (Å²) in [5, 5.41) is 9.04. The van der Waals surface area contributed by atoms with E-state index in [0.29, 0.717) is 11.4 Å². The third-order valence-electron chi connectivity index (χ3n) is 2.31. The predicted molar refractivity (Wildman–Crippen MR) is 72.0 cm³/mol. The number of carbonyl (C=O) groups is 1. The van der Waals surface area contributed by atoms with Gasteiger partial charge in [0.2, 0.25) is 0 Å². The number of rotatable bonds is 3. The maximum Gasteiger partial charge on any atom is 0.339 e. The maximum absolute atomic E-state index is 11.0. The zero-order chi connectivity index (χ0) is 13.1. The van der Waals surface area contributed by atoms with Crippen LogP contribution in [-0.2, 0) is 0 Å². The molecule has 0 saturated carbocycles. The van der Waals surface area contributed by atoms with Gasteiger partial charge in [-0.3, -0.25) is 0 Å². The molecule has 0 aliphatic heterocycles. The topological polar surface area (TPSA) is 72.5 Å². The van der Waals surface area contributed by atoms with Crippen molar-refractivity contribution in [1.29, 1.82) is 0 Å². The Balaban J connectivity index is 2.37. The van der Waals surface area contributed by atoms with Crippen LogP contribution in [0, 0.1) is 0 Å². The highest BCUT2D eigenvalue weighted by Crippen LogP contribution is 2.31. The minimum atomic E-state index is -1.04. The van der Waals surface area contributed by atoms with Gasteiger partial charge in [-0.15, -0.1) is 0 Å². The number of nitrogen functional groups attached to an aromatic ring is 1. The van der Waals surface area contributed by atoms with Crippen LogP contribution >= 0.6 is 15.9 Å². The van der Waals surface area contributed by atoms with Crippen LogP contribution in [0.4, 0.5) is 5.69 Å². The number of hydrogen-bond donors (Lipinski definition) is 2. The number of aromatic carboxylic acids is 1. The molecule has 2 aromatic rings. The van der Waals surface area contributed by atoms with Crippen molar-refractivity contribution >= 4 is 27.6 Å². The van der Waals surface area contributed by atoms with Gasteiger partial charge in [0.15, 0.2) is 0 Å². The summed E-state index contributed by atoms with van der Waals surface area (Å²) in [6, 6.07) is 11.6. The molecule has 0 amide bonds. The molecule has 0 spiro atoms. The minimum absolute atomic E-state index is 0.0971. The summed E-state index contributed by atoms with van der Waals surface area (Å²) < 4.78 is 6.36. The molecule has 0 aliphatic rings. The second kappa shape index (κ2) is 5.10. The summed E-state index contributed by atoms with van der Waals surface area (Å²) in [5.41, 5.74) is 6.32. The molecule has 3 N–H and O–H groups in total. The second-order valence-corrected chi connectivity index (χ2v) is 4.50. The Morgan fingerprint density at radius 2 is 1.89 bits per heavy atom. The fourth-order valence-corrected chi connectivity index (χ4v) is 1.84. The van der Waals surface area contributed by atoms with Crippen molar-refractivity contribution in [1.82, 2.24) is 0 Å². The van der Waals surface area contributed by atoms with E-state index in [1.165, 1.54) is 6.07 Å². The zero-order valence-electron chi connectivity index (χ0n) is 9.26. The standard InChI is InChI=1S/C13H10BrNO3/c14-8-5-6-12(10(15)7-8)18-11-4-2-1-3-9(11)13(16)17/h1-7H,15H2,(H,16,17). The highest BCUT2D eigenvalue weighted by molar-refractivity contribution is 9.10. The monoisotopic (exact) mass is 307 g/mol. The van der Waals surface area contributed by atoms with Crippen molar-refractivity contribution in [3.05, 3.63) is 52.5 Å². The van der Waals surface area contributed by atoms with Gasteiger partial charge in [0, 0.05) is 4.47 Å². The lowest BCUT2D eigenvalue weighted by molar-refractivity contribution is 0.0694. The molecule has 18 heavy (non-hydrogen) atoms. The summed E-state index contributed by atoms with van der Waals surface area (Å²) in [4.78, 5) is 11.0. The summed E-state index contributed by atoms with van der Waals surface area (Å²) in [5.74, 6) is -0.354. The first-order valence-electron chi connectivity index (χ1n) is 5.13. The number of ether oxygens (including phenoxy) is 1. The van der Waals surface area contributed by atoms with Crippen LogP contribution in [0.3, 0.4) is 0 Å². The average molecular weight is 308 g/mol. The van der Waals surface area contributed by atoms with Gasteiger partial charge >= 0.3 is 5.97 Å². The first-order chi connectivity index (χ1) is 8.58. The van der Waals surface area contributed by atoms with Gasteiger partial charge in [-0.2, -0.15) is 0 Å². The number of carboxylic acids is 1. The average Bonchev–Trinajstić information content (AvgIpc) is 2.33. The lowest BCUT2D eigenvalue weighted by Gasteiger charge is -2.10. The third-order valence-corrected chi connectivity index (χ3v) is 2.80. The molecule has 0 bridgehead atoms. The second-order valence-electron chi connectivity index (χ2n) is 3.59. The van der Waals surface area contributed by atoms with Gasteiger partial charge in [0.05, 0.1) is 5.69 Å². The Hall–Kier alpha value is -2.01. The zero-order valence-corrected chi connectivity index (χ0v) is 10.8. The molecule has 0 radical (unpaired) electrons. The molecule has 92 valence electrons. The molecular formula is C13H10BrNO3. The Kier molecular flexibility index (Phi) is 3.53. The molecule has 0 fully saturated rings. The molecule has 0 aromatic heterocycles. The van der Waals surface area contributed by atoms with E-state index < -0.39 is 5.97 Å². The summed E-state index contributed by atoms with van der Waals surface area (Å²) in [6.45, 7) is 0. The Morgan fingerprint density at radius 1 is 1.17 bits per heavy atom. The van der Waals surface area contributed by atoms with Crippen molar-refractivity contribution in [3.8, 4) is 11.5 Å². The van der Waals surface area contributed by atoms with E-state index in [1.54, 1.807) is 36.4 Å². The number of anilines is 1. The fourth-order valence-electron chi connectivity index (χ4n) is 1.46. The fraction of sp³-hybridized carbons (Fsp3) is 0. The van der Waals surface area contributed by atoms with Crippen molar-refractivity contribution in [2.45, 2.75) is 0 Å². The van der Waals surface area contributed by atoms with Gasteiger partial charge in [0.25, 0.3) is 0 Å². The van der Waals surface area contributed by atoms with Crippen LogP contribution in [-0.4, -0.2) is 11.1 Å². The largest absolute Gasteiger partial charge is 0.478 e. The number of para-hydroxylation sites is 1. The first kappa shape index (κ1) is 12.4. The van der Waals surface area contributed by atoms with E-state index in [1.807, 2.05) is 0 Å². The molecule has 0 saturated heterocycles. The maximum atomic E-state index is 11.0. The normalized spacial score (nSPS) is 10.1. The van der Waals surface area contributed by atoms with Gasteiger partial charge in [-0.05, 0) is 30.3 Å². The van der Waals surface area contributed by atoms with Gasteiger partial charge in [0.1, 0.15) is 17.1 Å². The summed E-state index contributed by atoms with van der Waals surface area (Å²) >= 11 is 3.29. The van der Waals surface area contributed by atoms with Crippen molar-refractivity contribution in [2.75, 3.05) is 5.73 Å². The number of nitrogens with two attached hydrogens (primary N) is 1. The van der Waals surface area contributed by atoms with Crippen LogP contribution in [0.1, 0.15) is 10.4 Å². The van der Waals surface area contributed by atoms with E-state index in [4.69, 9.17) is 15.6 Å². The van der Waals surface area contributed by atoms with E-state index >= 15 is 0 Å². The lowest BCUT2D eigenvalue weighted by Crippen LogP contribution is -2.00. The highest BCUT2D eigenvalue weighted by Gasteiger charge is 2.12. The summed E-state index contributed by atoms with van der Waals surface area (Å²) in [7, 11) is 0. The first-order valence-corrected chi connectivity index (χ1v) is 5.92.